The van der Waals surface area contributed by atoms with Crippen LogP contribution in [0.1, 0.15) is 47.3 Å². The summed E-state index contributed by atoms with van der Waals surface area (Å²) in [5.41, 5.74) is 1.85. The number of fused-ring (bicyclic) bond motifs is 2. The number of halogens is 3. The summed E-state index contributed by atoms with van der Waals surface area (Å²) in [4.78, 5) is 19.4. The van der Waals surface area contributed by atoms with Crippen molar-refractivity contribution in [2.24, 2.45) is 7.05 Å². The molecule has 1 atom stereocenters. The van der Waals surface area contributed by atoms with E-state index in [9.17, 15) is 18.0 Å². The molecule has 3 aromatic rings. The summed E-state index contributed by atoms with van der Waals surface area (Å²) in [5.74, 6) is 0.123. The number of carbonyl (C=O) groups is 1. The molecule has 1 amide bonds. The average Bonchev–Trinajstić information content (AvgIpc) is 3.28. The number of hydrogen-bond donors (Lipinski definition) is 0. The topological polar surface area (TPSA) is 68.8 Å². The maximum atomic E-state index is 13.4. The molecule has 3 aromatic heterocycles. The highest BCUT2D eigenvalue weighted by Crippen LogP contribution is 2.42. The van der Waals surface area contributed by atoms with E-state index in [0.29, 0.717) is 22.5 Å². The molecule has 1 fully saturated rings. The van der Waals surface area contributed by atoms with E-state index < -0.39 is 12.2 Å². The van der Waals surface area contributed by atoms with E-state index in [1.807, 2.05) is 0 Å². The van der Waals surface area contributed by atoms with Crippen molar-refractivity contribution in [3.63, 3.8) is 0 Å². The van der Waals surface area contributed by atoms with Gasteiger partial charge >= 0.3 is 6.18 Å². The van der Waals surface area contributed by atoms with Crippen LogP contribution in [0.3, 0.4) is 0 Å². The first kappa shape index (κ1) is 17.2. The van der Waals surface area contributed by atoms with Gasteiger partial charge in [0.25, 0.3) is 5.91 Å². The molecule has 0 N–H and O–H groups in total. The van der Waals surface area contributed by atoms with Gasteiger partial charge in [0.05, 0.1) is 23.3 Å². The molecule has 10 heteroatoms. The zero-order valence-electron chi connectivity index (χ0n) is 15.0. The Morgan fingerprint density at radius 2 is 2.00 bits per heavy atom. The molecular formula is C18H17F3N6O. The van der Waals surface area contributed by atoms with Gasteiger partial charge in [0.1, 0.15) is 5.82 Å². The largest absolute Gasteiger partial charge is 0.410 e. The fourth-order valence-corrected chi connectivity index (χ4v) is 3.80. The molecule has 5 rings (SSSR count). The number of alkyl halides is 3. The number of nitrogens with zero attached hydrogens (tertiary/aromatic N) is 6. The molecule has 0 radical (unpaired) electrons. The number of rotatable bonds is 2. The predicted octanol–water partition coefficient (Wildman–Crippen LogP) is 3.20. The molecule has 1 aliphatic heterocycles. The Hall–Kier alpha value is -2.91. The second-order valence-corrected chi connectivity index (χ2v) is 7.31. The Labute approximate surface area is 157 Å². The summed E-state index contributed by atoms with van der Waals surface area (Å²) in [5, 5.41) is 8.63. The maximum absolute atomic E-state index is 13.4. The van der Waals surface area contributed by atoms with Gasteiger partial charge in [-0.25, -0.2) is 9.67 Å². The van der Waals surface area contributed by atoms with Crippen LogP contribution in [0.5, 0.6) is 0 Å². The number of aromatic nitrogens is 5. The van der Waals surface area contributed by atoms with E-state index in [1.165, 1.54) is 17.2 Å². The number of aryl methyl sites for hydroxylation is 1. The van der Waals surface area contributed by atoms with E-state index in [2.05, 4.69) is 15.2 Å². The van der Waals surface area contributed by atoms with E-state index in [-0.39, 0.29) is 24.7 Å². The zero-order chi connectivity index (χ0) is 19.6. The number of anilines is 1. The van der Waals surface area contributed by atoms with Crippen LogP contribution in [0.15, 0.2) is 24.5 Å². The third kappa shape index (κ3) is 2.58. The van der Waals surface area contributed by atoms with Crippen molar-refractivity contribution in [1.82, 2.24) is 24.5 Å². The molecule has 4 heterocycles. The van der Waals surface area contributed by atoms with Gasteiger partial charge in [-0.15, -0.1) is 0 Å². The van der Waals surface area contributed by atoms with Gasteiger partial charge in [-0.2, -0.15) is 23.4 Å². The van der Waals surface area contributed by atoms with Crippen LogP contribution in [0.25, 0.3) is 11.0 Å². The fraction of sp³-hybridized carbons (Fsp3) is 0.444. The van der Waals surface area contributed by atoms with Crippen LogP contribution >= 0.6 is 0 Å². The van der Waals surface area contributed by atoms with Gasteiger partial charge in [0.15, 0.2) is 11.7 Å². The standard InChI is InChI=1S/C18H17F3N6O/c1-25-16-12(9-23-25)11(8-13(24-16)10-2-3-10)17(28)26-7-5-14(18(19,20)21)27-15(26)4-6-22-27/h4,6,8-10,14H,2-3,5,7H2,1H3/t14-/m1/s1. The third-order valence-corrected chi connectivity index (χ3v) is 5.42. The van der Waals surface area contributed by atoms with Crippen LogP contribution < -0.4 is 4.90 Å². The minimum absolute atomic E-state index is 0.0302. The predicted molar refractivity (Wildman–Crippen MR) is 94.1 cm³/mol. The lowest BCUT2D eigenvalue weighted by Gasteiger charge is -2.34. The first-order valence-corrected chi connectivity index (χ1v) is 9.09. The Balaban J connectivity index is 1.59. The molecule has 1 saturated carbocycles. The first-order valence-electron chi connectivity index (χ1n) is 9.09. The molecule has 1 aliphatic carbocycles. The Bertz CT molecular complexity index is 1080. The normalized spacial score (nSPS) is 19.9. The van der Waals surface area contributed by atoms with E-state index in [0.717, 1.165) is 23.2 Å². The number of carbonyl (C=O) groups excluding carboxylic acids is 1. The minimum Gasteiger partial charge on any atom is -0.293 e. The smallest absolute Gasteiger partial charge is 0.293 e. The van der Waals surface area contributed by atoms with Gasteiger partial charge in [-0.3, -0.25) is 14.4 Å². The summed E-state index contributed by atoms with van der Waals surface area (Å²) in [6, 6.07) is 1.49. The maximum Gasteiger partial charge on any atom is 0.410 e. The highest BCUT2D eigenvalue weighted by atomic mass is 19.4. The summed E-state index contributed by atoms with van der Waals surface area (Å²) in [6.45, 7) is -0.0302. The van der Waals surface area contributed by atoms with Gasteiger partial charge in [-0.05, 0) is 25.3 Å². The first-order chi connectivity index (χ1) is 13.3. The second kappa shape index (κ2) is 5.79. The summed E-state index contributed by atoms with van der Waals surface area (Å²) < 4.78 is 42.5. The fourth-order valence-electron chi connectivity index (χ4n) is 3.80. The molecule has 0 saturated heterocycles. The van der Waals surface area contributed by atoms with Gasteiger partial charge in [0.2, 0.25) is 0 Å². The van der Waals surface area contributed by atoms with Gasteiger partial charge in [0, 0.05) is 31.3 Å². The van der Waals surface area contributed by atoms with Gasteiger partial charge in [-0.1, -0.05) is 0 Å². The van der Waals surface area contributed by atoms with Crippen LogP contribution in [-0.2, 0) is 7.05 Å². The molecule has 0 bridgehead atoms. The Morgan fingerprint density at radius 1 is 1.21 bits per heavy atom. The quantitative estimate of drug-likeness (QED) is 0.674. The van der Waals surface area contributed by atoms with Crippen LogP contribution in [-0.4, -0.2) is 43.2 Å². The highest BCUT2D eigenvalue weighted by molar-refractivity contribution is 6.13. The average molecular weight is 390 g/mol. The summed E-state index contributed by atoms with van der Waals surface area (Å²) in [6.07, 6.45) is 0.262. The van der Waals surface area contributed by atoms with Crippen molar-refractivity contribution < 1.29 is 18.0 Å². The second-order valence-electron chi connectivity index (χ2n) is 7.31. The molecule has 28 heavy (non-hydrogen) atoms. The number of amides is 1. The summed E-state index contributed by atoms with van der Waals surface area (Å²) in [7, 11) is 1.75. The lowest BCUT2D eigenvalue weighted by atomic mass is 10.1. The van der Waals surface area contributed by atoms with Crippen molar-refractivity contribution in [3.05, 3.63) is 35.8 Å². The van der Waals surface area contributed by atoms with Crippen molar-refractivity contribution in [1.29, 1.82) is 0 Å². The zero-order valence-corrected chi connectivity index (χ0v) is 15.0. The molecule has 0 spiro atoms. The number of pyridine rings is 1. The van der Waals surface area contributed by atoms with Crippen LogP contribution in [0.4, 0.5) is 19.0 Å². The van der Waals surface area contributed by atoms with Gasteiger partial charge < -0.3 is 0 Å². The van der Waals surface area contributed by atoms with Crippen LogP contribution in [0, 0.1) is 0 Å². The molecular weight excluding hydrogens is 373 g/mol. The highest BCUT2D eigenvalue weighted by Gasteiger charge is 2.46. The van der Waals surface area contributed by atoms with E-state index >= 15 is 0 Å². The molecule has 0 unspecified atom stereocenters. The SMILES string of the molecule is Cn1ncc2c(C(=O)N3CC[C@H](C(F)(F)F)n4nccc43)cc(C3CC3)nc21. The molecule has 7 nitrogen and oxygen atoms in total. The monoisotopic (exact) mass is 390 g/mol. The van der Waals surface area contributed by atoms with E-state index in [1.54, 1.807) is 24.0 Å². The Kier molecular flexibility index (Phi) is 3.56. The molecule has 2 aliphatic rings. The molecule has 0 aromatic carbocycles. The van der Waals surface area contributed by atoms with E-state index in [4.69, 9.17) is 0 Å². The lowest BCUT2D eigenvalue weighted by Crippen LogP contribution is -2.43. The lowest BCUT2D eigenvalue weighted by molar-refractivity contribution is -0.172. The van der Waals surface area contributed by atoms with Crippen molar-refractivity contribution >= 4 is 22.8 Å². The third-order valence-electron chi connectivity index (χ3n) is 5.42. The minimum atomic E-state index is -4.41. The van der Waals surface area contributed by atoms with Crippen LogP contribution in [0.2, 0.25) is 0 Å². The van der Waals surface area contributed by atoms with Crippen molar-refractivity contribution in [2.45, 2.75) is 37.4 Å². The van der Waals surface area contributed by atoms with Crippen molar-refractivity contribution in [3.8, 4) is 0 Å². The van der Waals surface area contributed by atoms with Crippen molar-refractivity contribution in [2.75, 3.05) is 11.4 Å². The number of hydrogen-bond acceptors (Lipinski definition) is 4. The Morgan fingerprint density at radius 3 is 2.71 bits per heavy atom. The summed E-state index contributed by atoms with van der Waals surface area (Å²) >= 11 is 0. The molecule has 146 valence electrons.